The van der Waals surface area contributed by atoms with Crippen molar-refractivity contribution in [3.63, 3.8) is 0 Å². The summed E-state index contributed by atoms with van der Waals surface area (Å²) in [6.45, 7) is 4.76. The van der Waals surface area contributed by atoms with Crippen molar-refractivity contribution < 1.29 is 5.11 Å². The summed E-state index contributed by atoms with van der Waals surface area (Å²) >= 11 is 3.31. The number of nitrogens with zero attached hydrogens (tertiary/aromatic N) is 2. The summed E-state index contributed by atoms with van der Waals surface area (Å²) in [5.41, 5.74) is -0.277. The molecule has 1 aromatic rings. The highest BCUT2D eigenvalue weighted by Gasteiger charge is 2.24. The van der Waals surface area contributed by atoms with Crippen LogP contribution in [0.3, 0.4) is 0 Å². The van der Waals surface area contributed by atoms with Gasteiger partial charge in [-0.05, 0) is 48.0 Å². The lowest BCUT2D eigenvalue weighted by molar-refractivity contribution is 0.0697. The Morgan fingerprint density at radius 2 is 2.32 bits per heavy atom. The summed E-state index contributed by atoms with van der Waals surface area (Å²) in [5, 5.41) is 17.2. The molecular formula is C13H20BrN3O2. The lowest BCUT2D eigenvalue weighted by Gasteiger charge is -2.22. The summed E-state index contributed by atoms with van der Waals surface area (Å²) in [4.78, 5) is 12.1. The smallest absolute Gasteiger partial charge is 0.283 e. The molecule has 1 aliphatic carbocycles. The number of hydrogen-bond donors (Lipinski definition) is 2. The van der Waals surface area contributed by atoms with Gasteiger partial charge in [0.15, 0.2) is 0 Å². The number of rotatable bonds is 6. The summed E-state index contributed by atoms with van der Waals surface area (Å²) < 4.78 is 1.99. The molecule has 1 saturated carbocycles. The van der Waals surface area contributed by atoms with E-state index < -0.39 is 5.60 Å². The zero-order chi connectivity index (χ0) is 14.0. The molecule has 0 bridgehead atoms. The molecule has 1 fully saturated rings. The second-order valence-electron chi connectivity index (χ2n) is 5.51. The highest BCUT2D eigenvalue weighted by atomic mass is 79.9. The van der Waals surface area contributed by atoms with Crippen LogP contribution in [0, 0.1) is 5.92 Å². The number of nitrogens with one attached hydrogen (secondary N) is 1. The Hall–Kier alpha value is -0.880. The van der Waals surface area contributed by atoms with E-state index in [9.17, 15) is 9.90 Å². The van der Waals surface area contributed by atoms with Gasteiger partial charge in [0.1, 0.15) is 4.47 Å². The Kier molecular flexibility index (Phi) is 4.30. The largest absolute Gasteiger partial charge is 0.388 e. The molecule has 6 heteroatoms. The molecule has 0 spiro atoms. The molecule has 2 N–H and O–H groups in total. The minimum Gasteiger partial charge on any atom is -0.388 e. The monoisotopic (exact) mass is 329 g/mol. The molecule has 1 heterocycles. The zero-order valence-corrected chi connectivity index (χ0v) is 12.9. The molecule has 0 saturated heterocycles. The number of hydrogen-bond acceptors (Lipinski definition) is 4. The van der Waals surface area contributed by atoms with E-state index in [1.165, 1.54) is 17.5 Å². The van der Waals surface area contributed by atoms with Crippen molar-refractivity contribution in [2.45, 2.75) is 45.3 Å². The van der Waals surface area contributed by atoms with Gasteiger partial charge in [-0.1, -0.05) is 6.92 Å². The lowest BCUT2D eigenvalue weighted by Crippen LogP contribution is -2.33. The molecule has 0 aliphatic heterocycles. The average Bonchev–Trinajstić information content (AvgIpc) is 3.18. The first-order chi connectivity index (χ1) is 8.93. The van der Waals surface area contributed by atoms with Crippen molar-refractivity contribution in [1.82, 2.24) is 9.78 Å². The Morgan fingerprint density at radius 3 is 2.89 bits per heavy atom. The molecule has 1 unspecified atom stereocenters. The van der Waals surface area contributed by atoms with Crippen molar-refractivity contribution in [2.24, 2.45) is 5.92 Å². The molecule has 0 aromatic carbocycles. The Labute approximate surface area is 121 Å². The van der Waals surface area contributed by atoms with Crippen molar-refractivity contribution in [3.05, 3.63) is 21.0 Å². The standard InChI is InChI=1S/C13H20BrN3O2/c1-3-13(2,19)8-15-10-6-16-17(7-9-4-5-9)12(18)11(10)14/h6,9,15,19H,3-5,7-8H2,1-2H3. The molecule has 106 valence electrons. The highest BCUT2D eigenvalue weighted by Crippen LogP contribution is 2.30. The van der Waals surface area contributed by atoms with Crippen LogP contribution in [0.2, 0.25) is 0 Å². The van der Waals surface area contributed by atoms with E-state index in [0.717, 1.165) is 0 Å². The van der Waals surface area contributed by atoms with Gasteiger partial charge >= 0.3 is 0 Å². The number of aromatic nitrogens is 2. The van der Waals surface area contributed by atoms with Crippen LogP contribution in [0.1, 0.15) is 33.1 Å². The highest BCUT2D eigenvalue weighted by molar-refractivity contribution is 9.10. The fourth-order valence-corrected chi connectivity index (χ4v) is 2.12. The molecule has 1 atom stereocenters. The van der Waals surface area contributed by atoms with Gasteiger partial charge in [0.25, 0.3) is 5.56 Å². The van der Waals surface area contributed by atoms with Gasteiger partial charge in [0, 0.05) is 13.1 Å². The number of halogens is 1. The van der Waals surface area contributed by atoms with Crippen LogP contribution in [-0.4, -0.2) is 27.0 Å². The van der Waals surface area contributed by atoms with Crippen LogP contribution in [0.15, 0.2) is 15.5 Å². The third-order valence-corrected chi connectivity index (χ3v) is 4.30. The van der Waals surface area contributed by atoms with Crippen LogP contribution in [-0.2, 0) is 6.54 Å². The van der Waals surface area contributed by atoms with Gasteiger partial charge in [-0.15, -0.1) is 0 Å². The van der Waals surface area contributed by atoms with Crippen LogP contribution in [0.25, 0.3) is 0 Å². The maximum absolute atomic E-state index is 12.1. The van der Waals surface area contributed by atoms with Gasteiger partial charge in [-0.25, -0.2) is 4.68 Å². The Bertz CT molecular complexity index is 509. The van der Waals surface area contributed by atoms with Crippen LogP contribution < -0.4 is 10.9 Å². The van der Waals surface area contributed by atoms with Gasteiger partial charge < -0.3 is 10.4 Å². The molecule has 5 nitrogen and oxygen atoms in total. The predicted molar refractivity (Wildman–Crippen MR) is 78.3 cm³/mol. The molecule has 19 heavy (non-hydrogen) atoms. The quantitative estimate of drug-likeness (QED) is 0.837. The summed E-state index contributed by atoms with van der Waals surface area (Å²) in [6.07, 6.45) is 4.65. The van der Waals surface area contributed by atoms with Crippen molar-refractivity contribution in [1.29, 1.82) is 0 Å². The topological polar surface area (TPSA) is 67.2 Å². The van der Waals surface area contributed by atoms with Crippen LogP contribution in [0.5, 0.6) is 0 Å². The van der Waals surface area contributed by atoms with Crippen LogP contribution >= 0.6 is 15.9 Å². The third kappa shape index (κ3) is 3.79. The first-order valence-corrected chi connectivity index (χ1v) is 7.44. The van der Waals surface area contributed by atoms with E-state index in [2.05, 4.69) is 26.3 Å². The summed E-state index contributed by atoms with van der Waals surface area (Å²) in [6, 6.07) is 0. The van der Waals surface area contributed by atoms with Gasteiger partial charge in [0.05, 0.1) is 17.5 Å². The van der Waals surface area contributed by atoms with E-state index in [4.69, 9.17) is 0 Å². The molecule has 0 amide bonds. The molecule has 0 radical (unpaired) electrons. The SMILES string of the molecule is CCC(C)(O)CNc1cnn(CC2CC2)c(=O)c1Br. The molecule has 2 rings (SSSR count). The van der Waals surface area contributed by atoms with Crippen molar-refractivity contribution >= 4 is 21.6 Å². The summed E-state index contributed by atoms with van der Waals surface area (Å²) in [5.74, 6) is 0.608. The minimum atomic E-state index is -0.789. The first-order valence-electron chi connectivity index (χ1n) is 6.65. The summed E-state index contributed by atoms with van der Waals surface area (Å²) in [7, 11) is 0. The van der Waals surface area contributed by atoms with E-state index in [1.807, 2.05) is 6.92 Å². The van der Waals surface area contributed by atoms with Crippen LogP contribution in [0.4, 0.5) is 5.69 Å². The maximum Gasteiger partial charge on any atom is 0.283 e. The second-order valence-corrected chi connectivity index (χ2v) is 6.30. The third-order valence-electron chi connectivity index (χ3n) is 3.53. The molecular weight excluding hydrogens is 310 g/mol. The van der Waals surface area contributed by atoms with E-state index in [0.29, 0.717) is 35.6 Å². The normalized spacial score (nSPS) is 18.1. The Morgan fingerprint density at radius 1 is 1.63 bits per heavy atom. The van der Waals surface area contributed by atoms with Gasteiger partial charge in [0.2, 0.25) is 0 Å². The van der Waals surface area contributed by atoms with E-state index in [-0.39, 0.29) is 5.56 Å². The average molecular weight is 330 g/mol. The zero-order valence-electron chi connectivity index (χ0n) is 11.3. The number of aliphatic hydroxyl groups is 1. The Balaban J connectivity index is 2.09. The molecule has 1 aromatic heterocycles. The fourth-order valence-electron chi connectivity index (χ4n) is 1.67. The van der Waals surface area contributed by atoms with Gasteiger partial charge in [-0.3, -0.25) is 4.79 Å². The lowest BCUT2D eigenvalue weighted by atomic mass is 10.0. The van der Waals surface area contributed by atoms with E-state index in [1.54, 1.807) is 13.1 Å². The number of anilines is 1. The predicted octanol–water partition coefficient (Wildman–Crippen LogP) is 1.99. The minimum absolute atomic E-state index is 0.118. The maximum atomic E-state index is 12.1. The second kappa shape index (κ2) is 5.63. The van der Waals surface area contributed by atoms with Crippen molar-refractivity contribution in [2.75, 3.05) is 11.9 Å². The van der Waals surface area contributed by atoms with Gasteiger partial charge in [-0.2, -0.15) is 5.10 Å². The van der Waals surface area contributed by atoms with E-state index >= 15 is 0 Å². The molecule has 1 aliphatic rings. The first kappa shape index (κ1) is 14.5. The van der Waals surface area contributed by atoms with Crippen molar-refractivity contribution in [3.8, 4) is 0 Å². The fraction of sp³-hybridized carbons (Fsp3) is 0.692.